The molecule has 0 bridgehead atoms. The molecule has 1 atom stereocenters. The van der Waals surface area contributed by atoms with Gasteiger partial charge in [-0.25, -0.2) is 13.6 Å². The van der Waals surface area contributed by atoms with Crippen LogP contribution >= 0.6 is 0 Å². The number of ether oxygens (including phenoxy) is 1. The number of primary sulfonamides is 1. The molecule has 0 aliphatic carbocycles. The first kappa shape index (κ1) is 15.4. The second-order valence-electron chi connectivity index (χ2n) is 4.43. The van der Waals surface area contributed by atoms with Gasteiger partial charge in [-0.05, 0) is 12.5 Å². The highest BCUT2D eigenvalue weighted by Gasteiger charge is 2.19. The number of benzene rings is 1. The van der Waals surface area contributed by atoms with Crippen molar-refractivity contribution in [3.63, 3.8) is 0 Å². The number of aryl methyl sites for hydroxylation is 1. The third kappa shape index (κ3) is 4.84. The van der Waals surface area contributed by atoms with E-state index >= 15 is 0 Å². The van der Waals surface area contributed by atoms with Crippen LogP contribution in [0.25, 0.3) is 0 Å². The summed E-state index contributed by atoms with van der Waals surface area (Å²) in [5.74, 6) is -0.421. The van der Waals surface area contributed by atoms with E-state index in [4.69, 9.17) is 9.88 Å². The van der Waals surface area contributed by atoms with Gasteiger partial charge in [-0.1, -0.05) is 19.1 Å². The van der Waals surface area contributed by atoms with Crippen molar-refractivity contribution in [3.05, 3.63) is 33.9 Å². The van der Waals surface area contributed by atoms with E-state index in [1.54, 1.807) is 26.0 Å². The van der Waals surface area contributed by atoms with Crippen LogP contribution in [0, 0.1) is 23.0 Å². The number of nitro groups is 1. The number of hydrogen-bond acceptors (Lipinski definition) is 5. The Kier molecular flexibility index (Phi) is 4.84. The van der Waals surface area contributed by atoms with Gasteiger partial charge in [0.15, 0.2) is 5.75 Å². The number of sulfonamides is 1. The molecular weight excluding hydrogens is 272 g/mol. The minimum Gasteiger partial charge on any atom is -0.486 e. The smallest absolute Gasteiger partial charge is 0.311 e. The van der Waals surface area contributed by atoms with E-state index in [0.717, 1.165) is 0 Å². The van der Waals surface area contributed by atoms with Crippen LogP contribution in [0.2, 0.25) is 0 Å². The third-order valence-electron chi connectivity index (χ3n) is 2.42. The lowest BCUT2D eigenvalue weighted by molar-refractivity contribution is -0.386. The van der Waals surface area contributed by atoms with Crippen molar-refractivity contribution in [1.82, 2.24) is 0 Å². The van der Waals surface area contributed by atoms with Gasteiger partial charge < -0.3 is 4.74 Å². The highest BCUT2D eigenvalue weighted by Crippen LogP contribution is 2.30. The zero-order valence-corrected chi connectivity index (χ0v) is 11.5. The molecular formula is C11H16N2O5S. The molecule has 1 rings (SSSR count). The van der Waals surface area contributed by atoms with Gasteiger partial charge in [0, 0.05) is 12.0 Å². The molecule has 0 fully saturated rings. The topological polar surface area (TPSA) is 113 Å². The molecule has 0 aliphatic rings. The minimum atomic E-state index is -3.58. The monoisotopic (exact) mass is 288 g/mol. The summed E-state index contributed by atoms with van der Waals surface area (Å²) in [7, 11) is -3.58. The number of nitro benzene ring substituents is 1. The lowest BCUT2D eigenvalue weighted by Crippen LogP contribution is -2.25. The van der Waals surface area contributed by atoms with Crippen LogP contribution in [0.5, 0.6) is 5.75 Å². The molecule has 0 saturated heterocycles. The molecule has 2 N–H and O–H groups in total. The summed E-state index contributed by atoms with van der Waals surface area (Å²) in [4.78, 5) is 10.3. The fraction of sp³-hybridized carbons (Fsp3) is 0.455. The summed E-state index contributed by atoms with van der Waals surface area (Å²) in [6.45, 7) is 3.38. The zero-order valence-electron chi connectivity index (χ0n) is 10.7. The Labute approximate surface area is 111 Å². The van der Waals surface area contributed by atoms with Crippen molar-refractivity contribution in [3.8, 4) is 5.75 Å². The van der Waals surface area contributed by atoms with E-state index < -0.39 is 14.9 Å². The summed E-state index contributed by atoms with van der Waals surface area (Å²) < 4.78 is 27.2. The van der Waals surface area contributed by atoms with Crippen LogP contribution < -0.4 is 9.88 Å². The maximum atomic E-state index is 10.9. The minimum absolute atomic E-state index is 0.0438. The Morgan fingerprint density at radius 2 is 2.11 bits per heavy atom. The Bertz CT molecular complexity index is 570. The molecule has 0 aromatic heterocycles. The van der Waals surface area contributed by atoms with E-state index in [9.17, 15) is 18.5 Å². The molecule has 19 heavy (non-hydrogen) atoms. The molecule has 0 amide bonds. The van der Waals surface area contributed by atoms with E-state index in [0.29, 0.717) is 5.56 Å². The Hall–Kier alpha value is -1.67. The lowest BCUT2D eigenvalue weighted by Gasteiger charge is -2.13. The molecule has 0 radical (unpaired) electrons. The van der Waals surface area contributed by atoms with E-state index in [2.05, 4.69) is 0 Å². The molecule has 0 saturated carbocycles. The third-order valence-corrected chi connectivity index (χ3v) is 3.45. The Morgan fingerprint density at radius 1 is 1.47 bits per heavy atom. The summed E-state index contributed by atoms with van der Waals surface area (Å²) in [5, 5.41) is 15.8. The first-order chi connectivity index (χ1) is 8.70. The van der Waals surface area contributed by atoms with E-state index in [-0.39, 0.29) is 29.7 Å². The number of nitrogens with zero attached hydrogens (tertiary/aromatic N) is 1. The maximum absolute atomic E-state index is 10.9. The fourth-order valence-electron chi connectivity index (χ4n) is 1.64. The molecule has 8 heteroatoms. The zero-order chi connectivity index (χ0) is 14.6. The molecule has 0 heterocycles. The van der Waals surface area contributed by atoms with Crippen molar-refractivity contribution in [2.75, 3.05) is 12.4 Å². The number of rotatable bonds is 6. The van der Waals surface area contributed by atoms with Crippen molar-refractivity contribution < 1.29 is 18.1 Å². The first-order valence-electron chi connectivity index (χ1n) is 5.58. The standard InChI is InChI=1S/C11H16N2O5S/c1-8(7-19(12,16)17)6-18-11-9(2)4-3-5-10(11)13(14)15/h3-5,8H,6-7H2,1-2H3,(H2,12,16,17). The predicted molar refractivity (Wildman–Crippen MR) is 70.5 cm³/mol. The van der Waals surface area contributed by atoms with Crippen LogP contribution in [-0.2, 0) is 10.0 Å². The van der Waals surface area contributed by atoms with Crippen LogP contribution in [-0.4, -0.2) is 25.7 Å². The van der Waals surface area contributed by atoms with E-state index in [1.165, 1.54) is 6.07 Å². The van der Waals surface area contributed by atoms with E-state index in [1.807, 2.05) is 0 Å². The van der Waals surface area contributed by atoms with Gasteiger partial charge in [-0.2, -0.15) is 0 Å². The highest BCUT2D eigenvalue weighted by atomic mass is 32.2. The maximum Gasteiger partial charge on any atom is 0.311 e. The summed E-state index contributed by atoms with van der Waals surface area (Å²) in [5.41, 5.74) is 0.486. The Balaban J connectivity index is 2.80. The molecule has 1 aromatic rings. The summed E-state index contributed by atoms with van der Waals surface area (Å²) in [6, 6.07) is 4.59. The molecule has 0 aliphatic heterocycles. The van der Waals surface area contributed by atoms with Crippen LogP contribution in [0.15, 0.2) is 18.2 Å². The highest BCUT2D eigenvalue weighted by molar-refractivity contribution is 7.89. The molecule has 1 aromatic carbocycles. The summed E-state index contributed by atoms with van der Waals surface area (Å²) >= 11 is 0. The number of hydrogen-bond donors (Lipinski definition) is 1. The second-order valence-corrected chi connectivity index (χ2v) is 6.09. The van der Waals surface area contributed by atoms with Crippen molar-refractivity contribution in [2.24, 2.45) is 11.1 Å². The van der Waals surface area contributed by atoms with Crippen molar-refractivity contribution in [2.45, 2.75) is 13.8 Å². The van der Waals surface area contributed by atoms with Crippen LogP contribution in [0.3, 0.4) is 0 Å². The molecule has 7 nitrogen and oxygen atoms in total. The van der Waals surface area contributed by atoms with Gasteiger partial charge in [-0.3, -0.25) is 10.1 Å². The van der Waals surface area contributed by atoms with Gasteiger partial charge in [0.1, 0.15) is 0 Å². The van der Waals surface area contributed by atoms with Gasteiger partial charge in [0.25, 0.3) is 0 Å². The average Bonchev–Trinajstić information content (AvgIpc) is 2.24. The first-order valence-corrected chi connectivity index (χ1v) is 7.29. The van der Waals surface area contributed by atoms with Gasteiger partial charge in [-0.15, -0.1) is 0 Å². The average molecular weight is 288 g/mol. The van der Waals surface area contributed by atoms with Gasteiger partial charge in [0.05, 0.1) is 17.3 Å². The van der Waals surface area contributed by atoms with Gasteiger partial charge >= 0.3 is 5.69 Å². The second kappa shape index (κ2) is 5.98. The van der Waals surface area contributed by atoms with Crippen molar-refractivity contribution in [1.29, 1.82) is 0 Å². The number of para-hydroxylation sites is 1. The van der Waals surface area contributed by atoms with Crippen molar-refractivity contribution >= 4 is 15.7 Å². The van der Waals surface area contributed by atoms with Crippen LogP contribution in [0.4, 0.5) is 5.69 Å². The Morgan fingerprint density at radius 3 is 2.63 bits per heavy atom. The number of nitrogens with two attached hydrogens (primary N) is 1. The molecule has 106 valence electrons. The lowest BCUT2D eigenvalue weighted by atomic mass is 10.2. The quantitative estimate of drug-likeness (QED) is 0.624. The molecule has 1 unspecified atom stereocenters. The molecule has 0 spiro atoms. The SMILES string of the molecule is Cc1cccc([N+](=O)[O-])c1OCC(C)CS(N)(=O)=O. The predicted octanol–water partition coefficient (Wildman–Crippen LogP) is 1.21. The largest absolute Gasteiger partial charge is 0.486 e. The summed E-state index contributed by atoms with van der Waals surface area (Å²) in [6.07, 6.45) is 0. The fourth-order valence-corrected chi connectivity index (χ4v) is 2.53. The van der Waals surface area contributed by atoms with Crippen LogP contribution in [0.1, 0.15) is 12.5 Å². The normalized spacial score (nSPS) is 13.0. The van der Waals surface area contributed by atoms with Gasteiger partial charge in [0.2, 0.25) is 10.0 Å².